The van der Waals surface area contributed by atoms with Gasteiger partial charge in [0.25, 0.3) is 0 Å². The summed E-state index contributed by atoms with van der Waals surface area (Å²) in [6.07, 6.45) is 17.3. The Morgan fingerprint density at radius 2 is 1.53 bits per heavy atom. The lowest BCUT2D eigenvalue weighted by atomic mass is 9.73. The zero-order valence-corrected chi connectivity index (χ0v) is 13.2. The number of nitrogens with zero attached hydrogens (tertiary/aromatic N) is 2. The van der Waals surface area contributed by atoms with Crippen molar-refractivity contribution >= 4 is 0 Å². The fourth-order valence-electron chi connectivity index (χ4n) is 3.06. The summed E-state index contributed by atoms with van der Waals surface area (Å²) in [7, 11) is 0. The third kappa shape index (κ3) is 4.02. The predicted octanol–water partition coefficient (Wildman–Crippen LogP) is 4.71. The Labute approximate surface area is 119 Å². The summed E-state index contributed by atoms with van der Waals surface area (Å²) < 4.78 is 0. The van der Waals surface area contributed by atoms with Crippen LogP contribution >= 0.6 is 0 Å². The van der Waals surface area contributed by atoms with E-state index in [1.807, 2.05) is 0 Å². The van der Waals surface area contributed by atoms with Gasteiger partial charge in [0.1, 0.15) is 0 Å². The van der Waals surface area contributed by atoms with Crippen LogP contribution in [-0.2, 0) is 0 Å². The molecule has 0 N–H and O–H groups in total. The molecule has 0 amide bonds. The second-order valence-corrected chi connectivity index (χ2v) is 7.53. The minimum atomic E-state index is 0.175. The molecule has 2 aliphatic rings. The standard InChI is InChI=1S/C17H30N2/c1-16(2,3)19-14-12-18(13-15-19)11-10-17(4)8-6-5-7-9-17/h12-15H,5-11H2,1-4H3. The topological polar surface area (TPSA) is 6.48 Å². The third-order valence-electron chi connectivity index (χ3n) is 4.65. The van der Waals surface area contributed by atoms with Crippen molar-refractivity contribution in [3.63, 3.8) is 0 Å². The SMILES string of the molecule is CC1(CCN2C=CN(C(C)(C)C)C=C2)CCCCC1. The molecule has 0 unspecified atom stereocenters. The van der Waals surface area contributed by atoms with Crippen molar-refractivity contribution in [1.82, 2.24) is 9.80 Å². The lowest BCUT2D eigenvalue weighted by Gasteiger charge is -2.37. The van der Waals surface area contributed by atoms with Crippen molar-refractivity contribution in [2.45, 2.75) is 71.8 Å². The molecule has 0 aromatic heterocycles. The highest BCUT2D eigenvalue weighted by atomic mass is 15.2. The highest BCUT2D eigenvalue weighted by molar-refractivity contribution is 5.05. The second-order valence-electron chi connectivity index (χ2n) is 7.53. The summed E-state index contributed by atoms with van der Waals surface area (Å²) in [6, 6.07) is 0. The first kappa shape index (κ1) is 14.5. The molecule has 1 aliphatic carbocycles. The molecule has 1 saturated carbocycles. The molecular weight excluding hydrogens is 232 g/mol. The van der Waals surface area contributed by atoms with Gasteiger partial charge in [0, 0.05) is 36.9 Å². The van der Waals surface area contributed by atoms with Crippen molar-refractivity contribution in [2.75, 3.05) is 6.54 Å². The molecule has 0 bridgehead atoms. The Hall–Kier alpha value is -0.920. The molecule has 1 fully saturated rings. The van der Waals surface area contributed by atoms with Gasteiger partial charge in [-0.25, -0.2) is 0 Å². The minimum absolute atomic E-state index is 0.175. The Balaban J connectivity index is 1.81. The third-order valence-corrected chi connectivity index (χ3v) is 4.65. The van der Waals surface area contributed by atoms with Gasteiger partial charge in [-0.15, -0.1) is 0 Å². The number of hydrogen-bond donors (Lipinski definition) is 0. The first-order valence-electron chi connectivity index (χ1n) is 7.80. The molecule has 0 atom stereocenters. The Morgan fingerprint density at radius 3 is 2.05 bits per heavy atom. The van der Waals surface area contributed by atoms with E-state index >= 15 is 0 Å². The number of rotatable bonds is 3. The summed E-state index contributed by atoms with van der Waals surface area (Å²) in [6.45, 7) is 10.3. The molecule has 0 saturated heterocycles. The van der Waals surface area contributed by atoms with Crippen LogP contribution in [0.15, 0.2) is 24.8 Å². The van der Waals surface area contributed by atoms with E-state index in [2.05, 4.69) is 62.3 Å². The average molecular weight is 262 g/mol. The molecule has 0 aromatic carbocycles. The van der Waals surface area contributed by atoms with E-state index in [4.69, 9.17) is 0 Å². The Bertz CT molecular complexity index is 329. The van der Waals surface area contributed by atoms with Gasteiger partial charge in [0.05, 0.1) is 0 Å². The van der Waals surface area contributed by atoms with Crippen LogP contribution in [0.1, 0.15) is 66.2 Å². The maximum Gasteiger partial charge on any atom is 0.0356 e. The van der Waals surface area contributed by atoms with Crippen LogP contribution in [0.25, 0.3) is 0 Å². The van der Waals surface area contributed by atoms with Gasteiger partial charge in [-0.3, -0.25) is 0 Å². The van der Waals surface area contributed by atoms with Crippen LogP contribution in [0, 0.1) is 5.41 Å². The molecule has 0 spiro atoms. The lowest BCUT2D eigenvalue weighted by molar-refractivity contribution is 0.182. The first-order chi connectivity index (χ1) is 8.89. The van der Waals surface area contributed by atoms with Crippen molar-refractivity contribution in [3.05, 3.63) is 24.8 Å². The summed E-state index contributed by atoms with van der Waals surface area (Å²) in [5.74, 6) is 0. The smallest absolute Gasteiger partial charge is 0.0356 e. The van der Waals surface area contributed by atoms with Gasteiger partial charge in [-0.1, -0.05) is 26.2 Å². The molecule has 2 nitrogen and oxygen atoms in total. The quantitative estimate of drug-likeness (QED) is 0.727. The monoisotopic (exact) mass is 262 g/mol. The van der Waals surface area contributed by atoms with E-state index in [1.165, 1.54) is 38.5 Å². The summed E-state index contributed by atoms with van der Waals surface area (Å²) in [4.78, 5) is 4.61. The van der Waals surface area contributed by atoms with Crippen molar-refractivity contribution < 1.29 is 0 Å². The largest absolute Gasteiger partial charge is 0.351 e. The summed E-state index contributed by atoms with van der Waals surface area (Å²) in [5, 5.41) is 0. The fraction of sp³-hybridized carbons (Fsp3) is 0.765. The van der Waals surface area contributed by atoms with E-state index in [0.717, 1.165) is 6.54 Å². The van der Waals surface area contributed by atoms with E-state index in [-0.39, 0.29) is 5.54 Å². The van der Waals surface area contributed by atoms with Crippen molar-refractivity contribution in [1.29, 1.82) is 0 Å². The van der Waals surface area contributed by atoms with Gasteiger partial charge in [0.15, 0.2) is 0 Å². The highest BCUT2D eigenvalue weighted by Gasteiger charge is 2.27. The summed E-state index contributed by atoms with van der Waals surface area (Å²) >= 11 is 0. The second kappa shape index (κ2) is 5.60. The maximum absolute atomic E-state index is 2.48. The van der Waals surface area contributed by atoms with E-state index < -0.39 is 0 Å². The normalized spacial score (nSPS) is 22.9. The zero-order valence-electron chi connectivity index (χ0n) is 13.2. The molecule has 2 heteroatoms. The lowest BCUT2D eigenvalue weighted by Crippen LogP contribution is -2.36. The van der Waals surface area contributed by atoms with Gasteiger partial charge in [0.2, 0.25) is 0 Å². The zero-order chi connectivity index (χ0) is 13.9. The summed E-state index contributed by atoms with van der Waals surface area (Å²) in [5.41, 5.74) is 0.759. The average Bonchev–Trinajstić information content (AvgIpc) is 2.37. The molecule has 0 radical (unpaired) electrons. The molecule has 2 rings (SSSR count). The molecule has 19 heavy (non-hydrogen) atoms. The molecular formula is C17H30N2. The van der Waals surface area contributed by atoms with Gasteiger partial charge >= 0.3 is 0 Å². The molecule has 1 heterocycles. The fourth-order valence-corrected chi connectivity index (χ4v) is 3.06. The molecule has 1 aliphatic heterocycles. The van der Waals surface area contributed by atoms with Gasteiger partial charge in [-0.05, 0) is 45.4 Å². The van der Waals surface area contributed by atoms with Crippen LogP contribution in [0.3, 0.4) is 0 Å². The maximum atomic E-state index is 2.48. The van der Waals surface area contributed by atoms with Crippen LogP contribution in [0.5, 0.6) is 0 Å². The van der Waals surface area contributed by atoms with E-state index in [0.29, 0.717) is 5.41 Å². The van der Waals surface area contributed by atoms with Crippen LogP contribution in [0.2, 0.25) is 0 Å². The van der Waals surface area contributed by atoms with Crippen LogP contribution in [-0.4, -0.2) is 21.9 Å². The van der Waals surface area contributed by atoms with Crippen LogP contribution < -0.4 is 0 Å². The first-order valence-corrected chi connectivity index (χ1v) is 7.80. The molecule has 0 aromatic rings. The van der Waals surface area contributed by atoms with Gasteiger partial charge in [-0.2, -0.15) is 0 Å². The highest BCUT2D eigenvalue weighted by Crippen LogP contribution is 2.38. The Kier molecular flexibility index (Phi) is 4.27. The minimum Gasteiger partial charge on any atom is -0.351 e. The van der Waals surface area contributed by atoms with Crippen molar-refractivity contribution in [3.8, 4) is 0 Å². The predicted molar refractivity (Wildman–Crippen MR) is 82.4 cm³/mol. The van der Waals surface area contributed by atoms with Crippen LogP contribution in [0.4, 0.5) is 0 Å². The Morgan fingerprint density at radius 1 is 0.947 bits per heavy atom. The van der Waals surface area contributed by atoms with E-state index in [9.17, 15) is 0 Å². The molecule has 108 valence electrons. The van der Waals surface area contributed by atoms with Gasteiger partial charge < -0.3 is 9.80 Å². The number of hydrogen-bond acceptors (Lipinski definition) is 2. The van der Waals surface area contributed by atoms with E-state index in [1.54, 1.807) is 0 Å². The van der Waals surface area contributed by atoms with Crippen molar-refractivity contribution in [2.24, 2.45) is 5.41 Å².